The Balaban J connectivity index is 2.58. The largest absolute Gasteiger partial charge is 0.492 e. The highest BCUT2D eigenvalue weighted by molar-refractivity contribution is 6.65. The minimum atomic E-state index is -2.14. The lowest BCUT2D eigenvalue weighted by atomic mass is 10.0. The van der Waals surface area contributed by atoms with Crippen LogP contribution in [0, 0.1) is 0 Å². The molecule has 0 radical (unpaired) electrons. The van der Waals surface area contributed by atoms with Crippen LogP contribution in [0.15, 0.2) is 24.3 Å². The molecule has 0 amide bonds. The monoisotopic (exact) mass is 254 g/mol. The smallest absolute Gasteiger partial charge is 0.373 e. The summed E-state index contributed by atoms with van der Waals surface area (Å²) in [6.07, 6.45) is 0.501. The fraction of sp³-hybridized carbons (Fsp3) is 0.538. The van der Waals surface area contributed by atoms with Crippen molar-refractivity contribution < 1.29 is 13.6 Å². The van der Waals surface area contributed by atoms with Crippen molar-refractivity contribution in [2.24, 2.45) is 0 Å². The van der Waals surface area contributed by atoms with Gasteiger partial charge in [0.25, 0.3) is 0 Å². The fourth-order valence-corrected chi connectivity index (χ4v) is 2.20. The van der Waals surface area contributed by atoms with Crippen LogP contribution >= 0.6 is 0 Å². The van der Waals surface area contributed by atoms with E-state index < -0.39 is 8.56 Å². The maximum Gasteiger partial charge on any atom is 0.373 e. The average molecular weight is 254 g/mol. The SMILES string of the molecule is CO[Si](C)(COc1ccc(C(C)C)cc1)OC. The summed E-state index contributed by atoms with van der Waals surface area (Å²) < 4.78 is 16.4. The van der Waals surface area contributed by atoms with Crippen molar-refractivity contribution in [1.29, 1.82) is 0 Å². The topological polar surface area (TPSA) is 27.7 Å². The lowest BCUT2D eigenvalue weighted by Gasteiger charge is -2.22. The van der Waals surface area contributed by atoms with E-state index in [0.29, 0.717) is 12.1 Å². The second-order valence-corrected chi connectivity index (χ2v) is 7.93. The second-order valence-electron chi connectivity index (χ2n) is 4.55. The minimum absolute atomic E-state index is 0.501. The lowest BCUT2D eigenvalue weighted by molar-refractivity contribution is 0.212. The van der Waals surface area contributed by atoms with E-state index >= 15 is 0 Å². The van der Waals surface area contributed by atoms with Crippen LogP contribution in [0.4, 0.5) is 0 Å². The molecule has 0 fully saturated rings. The van der Waals surface area contributed by atoms with Gasteiger partial charge in [0.2, 0.25) is 0 Å². The first kappa shape index (κ1) is 14.2. The number of ether oxygens (including phenoxy) is 1. The van der Waals surface area contributed by atoms with E-state index in [1.807, 2.05) is 18.7 Å². The first-order valence-corrected chi connectivity index (χ1v) is 8.36. The molecule has 0 heterocycles. The molecule has 0 aliphatic heterocycles. The summed E-state index contributed by atoms with van der Waals surface area (Å²) >= 11 is 0. The summed E-state index contributed by atoms with van der Waals surface area (Å²) in [6, 6.07) is 8.18. The molecule has 0 bridgehead atoms. The van der Waals surface area contributed by atoms with E-state index in [1.54, 1.807) is 14.2 Å². The molecule has 1 aromatic carbocycles. The van der Waals surface area contributed by atoms with Gasteiger partial charge < -0.3 is 13.6 Å². The van der Waals surface area contributed by atoms with E-state index in [-0.39, 0.29) is 0 Å². The van der Waals surface area contributed by atoms with Gasteiger partial charge in [-0.2, -0.15) is 0 Å². The predicted molar refractivity (Wildman–Crippen MR) is 71.7 cm³/mol. The second kappa shape index (κ2) is 6.19. The Morgan fingerprint density at radius 3 is 2.00 bits per heavy atom. The van der Waals surface area contributed by atoms with Gasteiger partial charge in [0.1, 0.15) is 12.0 Å². The highest BCUT2D eigenvalue weighted by atomic mass is 28.4. The van der Waals surface area contributed by atoms with Gasteiger partial charge >= 0.3 is 8.56 Å². The van der Waals surface area contributed by atoms with Crippen molar-refractivity contribution in [2.45, 2.75) is 26.3 Å². The van der Waals surface area contributed by atoms with Gasteiger partial charge in [0, 0.05) is 14.2 Å². The summed E-state index contributed by atoms with van der Waals surface area (Å²) in [7, 11) is 1.20. The number of rotatable bonds is 6. The number of benzene rings is 1. The van der Waals surface area contributed by atoms with E-state index in [4.69, 9.17) is 13.6 Å². The maximum atomic E-state index is 5.70. The molecule has 0 saturated heterocycles. The van der Waals surface area contributed by atoms with Crippen molar-refractivity contribution in [3.05, 3.63) is 29.8 Å². The van der Waals surface area contributed by atoms with Crippen molar-refractivity contribution >= 4 is 8.56 Å². The summed E-state index contributed by atoms with van der Waals surface area (Å²) in [5.74, 6) is 1.41. The van der Waals surface area contributed by atoms with Crippen molar-refractivity contribution in [2.75, 3.05) is 20.4 Å². The zero-order valence-corrected chi connectivity index (χ0v) is 12.3. The molecule has 0 saturated carbocycles. The molecule has 0 atom stereocenters. The zero-order valence-electron chi connectivity index (χ0n) is 11.3. The van der Waals surface area contributed by atoms with E-state index in [1.165, 1.54) is 5.56 Å². The molecule has 0 aliphatic carbocycles. The van der Waals surface area contributed by atoms with Crippen LogP contribution < -0.4 is 4.74 Å². The molecule has 17 heavy (non-hydrogen) atoms. The Bertz CT molecular complexity index is 331. The first-order chi connectivity index (χ1) is 8.00. The van der Waals surface area contributed by atoms with Gasteiger partial charge in [0.15, 0.2) is 0 Å². The quantitative estimate of drug-likeness (QED) is 0.730. The molecule has 0 aliphatic rings. The van der Waals surface area contributed by atoms with Crippen LogP contribution in [-0.2, 0) is 8.85 Å². The van der Waals surface area contributed by atoms with Gasteiger partial charge in [-0.05, 0) is 30.2 Å². The highest BCUT2D eigenvalue weighted by Gasteiger charge is 2.30. The predicted octanol–water partition coefficient (Wildman–Crippen LogP) is 3.09. The average Bonchev–Trinajstić information content (AvgIpc) is 2.36. The lowest BCUT2D eigenvalue weighted by Crippen LogP contribution is -2.43. The third-order valence-electron chi connectivity index (χ3n) is 2.91. The van der Waals surface area contributed by atoms with Crippen LogP contribution in [0.3, 0.4) is 0 Å². The molecular formula is C13H22O3Si. The molecule has 0 unspecified atom stereocenters. The molecule has 0 spiro atoms. The molecule has 1 aromatic rings. The van der Waals surface area contributed by atoms with Crippen LogP contribution in [-0.4, -0.2) is 29.0 Å². The van der Waals surface area contributed by atoms with Crippen LogP contribution in [0.2, 0.25) is 6.55 Å². The molecule has 3 nitrogen and oxygen atoms in total. The summed E-state index contributed by atoms with van der Waals surface area (Å²) in [4.78, 5) is 0. The third-order valence-corrected chi connectivity index (χ3v) is 5.31. The molecule has 96 valence electrons. The normalized spacial score (nSPS) is 11.9. The van der Waals surface area contributed by atoms with E-state index in [0.717, 1.165) is 5.75 Å². The number of hydrogen-bond donors (Lipinski definition) is 0. The van der Waals surface area contributed by atoms with E-state index in [2.05, 4.69) is 26.0 Å². The molecule has 4 heteroatoms. The Kier molecular flexibility index (Phi) is 5.18. The molecule has 1 rings (SSSR count). The standard InChI is InChI=1S/C13H22O3Si/c1-11(2)12-6-8-13(9-7-12)16-10-17(5,14-3)15-4/h6-9,11H,10H2,1-5H3. The van der Waals surface area contributed by atoms with Crippen LogP contribution in [0.5, 0.6) is 5.75 Å². The Hall–Kier alpha value is -0.843. The van der Waals surface area contributed by atoms with Crippen LogP contribution in [0.25, 0.3) is 0 Å². The first-order valence-electron chi connectivity index (χ1n) is 5.84. The Morgan fingerprint density at radius 1 is 1.06 bits per heavy atom. The van der Waals surface area contributed by atoms with Crippen molar-refractivity contribution in [1.82, 2.24) is 0 Å². The molecule has 0 aromatic heterocycles. The maximum absolute atomic E-state index is 5.70. The summed E-state index contributed by atoms with van der Waals surface area (Å²) in [6.45, 7) is 6.33. The van der Waals surface area contributed by atoms with E-state index in [9.17, 15) is 0 Å². The van der Waals surface area contributed by atoms with Gasteiger partial charge in [-0.1, -0.05) is 26.0 Å². The zero-order chi connectivity index (χ0) is 12.9. The van der Waals surface area contributed by atoms with Gasteiger partial charge in [-0.3, -0.25) is 0 Å². The highest BCUT2D eigenvalue weighted by Crippen LogP contribution is 2.19. The van der Waals surface area contributed by atoms with Gasteiger partial charge in [-0.25, -0.2) is 0 Å². The Morgan fingerprint density at radius 2 is 1.59 bits per heavy atom. The summed E-state index contributed by atoms with van der Waals surface area (Å²) in [5.41, 5.74) is 1.32. The summed E-state index contributed by atoms with van der Waals surface area (Å²) in [5, 5.41) is 0. The minimum Gasteiger partial charge on any atom is -0.492 e. The van der Waals surface area contributed by atoms with Crippen LogP contribution in [0.1, 0.15) is 25.3 Å². The molecular weight excluding hydrogens is 232 g/mol. The van der Waals surface area contributed by atoms with Crippen molar-refractivity contribution in [3.8, 4) is 5.75 Å². The van der Waals surface area contributed by atoms with Gasteiger partial charge in [0.05, 0.1) is 0 Å². The number of hydrogen-bond acceptors (Lipinski definition) is 3. The third kappa shape index (κ3) is 4.15. The molecule has 0 N–H and O–H groups in total. The Labute approximate surface area is 105 Å². The van der Waals surface area contributed by atoms with Gasteiger partial charge in [-0.15, -0.1) is 0 Å². The fourth-order valence-electron chi connectivity index (χ4n) is 1.36. The van der Waals surface area contributed by atoms with Crippen molar-refractivity contribution in [3.63, 3.8) is 0 Å².